The quantitative estimate of drug-likeness (QED) is 0.684. The Bertz CT molecular complexity index is 959. The Morgan fingerprint density at radius 1 is 1.12 bits per heavy atom. The number of piperazine rings is 1. The monoisotopic (exact) mass is 443 g/mol. The molecular weight excluding hydrogens is 410 g/mol. The first kappa shape index (κ1) is 22.5. The summed E-state index contributed by atoms with van der Waals surface area (Å²) in [5, 5.41) is 14.0. The second kappa shape index (κ2) is 9.87. The minimum absolute atomic E-state index is 0.138. The number of ether oxygens (including phenoxy) is 1. The van der Waals surface area contributed by atoms with Crippen LogP contribution in [0.2, 0.25) is 0 Å². The zero-order valence-electron chi connectivity index (χ0n) is 19.0. The van der Waals surface area contributed by atoms with Crippen LogP contribution in [-0.4, -0.2) is 94.0 Å². The lowest BCUT2D eigenvalue weighted by Crippen LogP contribution is -2.54. The predicted molar refractivity (Wildman–Crippen MR) is 121 cm³/mol. The number of amides is 1. The molecule has 9 nitrogen and oxygen atoms in total. The van der Waals surface area contributed by atoms with Gasteiger partial charge in [-0.2, -0.15) is 5.10 Å². The van der Waals surface area contributed by atoms with Crippen molar-refractivity contribution in [3.8, 4) is 0 Å². The number of rotatable bonds is 6. The summed E-state index contributed by atoms with van der Waals surface area (Å²) in [6.07, 6.45) is 4.08. The fraction of sp³-hybridized carbons (Fsp3) is 0.609. The molecule has 0 atom stereocenters. The molecule has 2 aliphatic rings. The second-order valence-corrected chi connectivity index (χ2v) is 9.01. The topological polar surface area (TPSA) is 91.1 Å². The molecule has 1 N–H and O–H groups in total. The van der Waals surface area contributed by atoms with Gasteiger partial charge in [-0.25, -0.2) is 9.48 Å². The lowest BCUT2D eigenvalue weighted by Gasteiger charge is -2.42. The first-order chi connectivity index (χ1) is 15.4. The fourth-order valence-corrected chi connectivity index (χ4v) is 4.87. The minimum Gasteiger partial charge on any atom is -0.450 e. The lowest BCUT2D eigenvalue weighted by atomic mass is 10.0. The largest absolute Gasteiger partial charge is 0.507 e. The van der Waals surface area contributed by atoms with Gasteiger partial charge in [0.05, 0.1) is 5.52 Å². The molecule has 0 radical (unpaired) electrons. The normalized spacial score (nSPS) is 18.9. The molecule has 2 aliphatic heterocycles. The number of carbonyl (C=O) groups excluding carboxylic acids is 1. The van der Waals surface area contributed by atoms with Crippen molar-refractivity contribution in [2.24, 2.45) is 0 Å². The zero-order valence-corrected chi connectivity index (χ0v) is 19.0. The summed E-state index contributed by atoms with van der Waals surface area (Å²) in [4.78, 5) is 30.4. The van der Waals surface area contributed by atoms with Crippen LogP contribution in [0.3, 0.4) is 0 Å². The van der Waals surface area contributed by atoms with E-state index in [9.17, 15) is 9.59 Å². The Morgan fingerprint density at radius 2 is 1.84 bits per heavy atom. The molecule has 1 aromatic heterocycles. The molecule has 2 aromatic rings. The standard InChI is InChI=1S/C23H33N5O4/c1-17-13-18(14-19-15-28(24-22(17)19)16-32-23(30)31)3-4-21(29)27-11-9-26(10-12-27)20-5-7-25(2)8-6-20/h13-15,20H,3-12,16H2,1-2H3,(H,30,31). The van der Waals surface area contributed by atoms with Gasteiger partial charge in [-0.1, -0.05) is 6.07 Å². The van der Waals surface area contributed by atoms with E-state index in [1.165, 1.54) is 30.6 Å². The van der Waals surface area contributed by atoms with Crippen molar-refractivity contribution in [2.45, 2.75) is 45.4 Å². The highest BCUT2D eigenvalue weighted by Crippen LogP contribution is 2.21. The maximum absolute atomic E-state index is 12.8. The molecule has 1 aromatic carbocycles. The van der Waals surface area contributed by atoms with Crippen LogP contribution in [0.15, 0.2) is 18.3 Å². The molecule has 0 unspecified atom stereocenters. The van der Waals surface area contributed by atoms with Crippen molar-refractivity contribution < 1.29 is 19.4 Å². The maximum Gasteiger partial charge on any atom is 0.507 e. The number of nitrogens with zero attached hydrogens (tertiary/aromatic N) is 5. The summed E-state index contributed by atoms with van der Waals surface area (Å²) >= 11 is 0. The van der Waals surface area contributed by atoms with Gasteiger partial charge in [0.15, 0.2) is 6.73 Å². The third-order valence-electron chi connectivity index (χ3n) is 6.73. The second-order valence-electron chi connectivity index (χ2n) is 9.01. The van der Waals surface area contributed by atoms with Gasteiger partial charge < -0.3 is 19.6 Å². The summed E-state index contributed by atoms with van der Waals surface area (Å²) in [6, 6.07) is 4.75. The maximum atomic E-state index is 12.8. The van der Waals surface area contributed by atoms with Crippen molar-refractivity contribution >= 4 is 23.0 Å². The number of piperidine rings is 1. The van der Waals surface area contributed by atoms with E-state index in [0.29, 0.717) is 18.9 Å². The van der Waals surface area contributed by atoms with Crippen LogP contribution < -0.4 is 0 Å². The average Bonchev–Trinajstić information content (AvgIpc) is 3.20. The van der Waals surface area contributed by atoms with Crippen LogP contribution in [0, 0.1) is 6.92 Å². The predicted octanol–water partition coefficient (Wildman–Crippen LogP) is 2.17. The molecule has 0 spiro atoms. The van der Waals surface area contributed by atoms with E-state index in [4.69, 9.17) is 5.11 Å². The molecule has 0 saturated carbocycles. The van der Waals surface area contributed by atoms with Crippen molar-refractivity contribution in [3.63, 3.8) is 0 Å². The van der Waals surface area contributed by atoms with Gasteiger partial charge in [-0.05, 0) is 63.5 Å². The van der Waals surface area contributed by atoms with Crippen LogP contribution in [0.5, 0.6) is 0 Å². The average molecular weight is 444 g/mol. The van der Waals surface area contributed by atoms with Crippen molar-refractivity contribution in [1.29, 1.82) is 0 Å². The van der Waals surface area contributed by atoms with Gasteiger partial charge in [-0.3, -0.25) is 9.69 Å². The summed E-state index contributed by atoms with van der Waals surface area (Å²) < 4.78 is 6.06. The molecule has 1 amide bonds. The summed E-state index contributed by atoms with van der Waals surface area (Å²) in [5.74, 6) is 0.219. The number of fused-ring (bicyclic) bond motifs is 1. The van der Waals surface area contributed by atoms with Crippen molar-refractivity contribution in [1.82, 2.24) is 24.5 Å². The van der Waals surface area contributed by atoms with E-state index in [1.807, 2.05) is 17.9 Å². The Hall–Kier alpha value is -2.65. The summed E-state index contributed by atoms with van der Waals surface area (Å²) in [6.45, 7) is 7.76. The van der Waals surface area contributed by atoms with Crippen LogP contribution in [-0.2, 0) is 22.7 Å². The Kier molecular flexibility index (Phi) is 6.95. The number of aryl methyl sites for hydroxylation is 2. The Labute approximate surface area is 188 Å². The first-order valence-electron chi connectivity index (χ1n) is 11.4. The van der Waals surface area contributed by atoms with E-state index < -0.39 is 6.16 Å². The minimum atomic E-state index is -1.33. The molecule has 4 rings (SSSR count). The molecule has 3 heterocycles. The molecule has 2 saturated heterocycles. The molecule has 174 valence electrons. The number of likely N-dealkylation sites (tertiary alicyclic amines) is 1. The SMILES string of the molecule is Cc1cc(CCC(=O)N2CCN(C3CCN(C)CC3)CC2)cc2cn(COC(=O)O)nc12. The first-order valence-corrected chi connectivity index (χ1v) is 11.4. The van der Waals surface area contributed by atoms with Crippen molar-refractivity contribution in [3.05, 3.63) is 29.5 Å². The van der Waals surface area contributed by atoms with Crippen LogP contribution in [0.1, 0.15) is 30.4 Å². The third-order valence-corrected chi connectivity index (χ3v) is 6.73. The number of carboxylic acid groups (broad SMARTS) is 1. The van der Waals surface area contributed by atoms with E-state index in [-0.39, 0.29) is 12.6 Å². The van der Waals surface area contributed by atoms with Gasteiger partial charge in [0, 0.05) is 50.2 Å². The molecular formula is C23H33N5O4. The highest BCUT2D eigenvalue weighted by Gasteiger charge is 2.27. The highest BCUT2D eigenvalue weighted by molar-refractivity contribution is 5.82. The lowest BCUT2D eigenvalue weighted by molar-refractivity contribution is -0.133. The third kappa shape index (κ3) is 5.39. The number of aromatic nitrogens is 2. The van der Waals surface area contributed by atoms with Crippen LogP contribution >= 0.6 is 0 Å². The fourth-order valence-electron chi connectivity index (χ4n) is 4.87. The smallest absolute Gasteiger partial charge is 0.450 e. The molecule has 9 heteroatoms. The van der Waals surface area contributed by atoms with Gasteiger partial charge in [0.1, 0.15) is 0 Å². The van der Waals surface area contributed by atoms with E-state index in [2.05, 4.69) is 32.7 Å². The zero-order chi connectivity index (χ0) is 22.7. The van der Waals surface area contributed by atoms with Gasteiger partial charge in [0.2, 0.25) is 5.91 Å². The summed E-state index contributed by atoms with van der Waals surface area (Å²) in [7, 11) is 2.19. The van der Waals surface area contributed by atoms with Gasteiger partial charge in [-0.15, -0.1) is 0 Å². The van der Waals surface area contributed by atoms with Gasteiger partial charge in [0.25, 0.3) is 0 Å². The Balaban J connectivity index is 1.28. The number of hydrogen-bond donors (Lipinski definition) is 1. The van der Waals surface area contributed by atoms with Crippen molar-refractivity contribution in [2.75, 3.05) is 46.3 Å². The number of hydrogen-bond acceptors (Lipinski definition) is 6. The highest BCUT2D eigenvalue weighted by atomic mass is 16.7. The Morgan fingerprint density at radius 3 is 2.53 bits per heavy atom. The van der Waals surface area contributed by atoms with E-state index in [1.54, 1.807) is 6.20 Å². The van der Waals surface area contributed by atoms with E-state index >= 15 is 0 Å². The molecule has 0 bridgehead atoms. The molecule has 0 aliphatic carbocycles. The van der Waals surface area contributed by atoms with E-state index in [0.717, 1.165) is 48.2 Å². The van der Waals surface area contributed by atoms with Gasteiger partial charge >= 0.3 is 6.16 Å². The van der Waals surface area contributed by atoms with Crippen LogP contribution in [0.4, 0.5) is 4.79 Å². The summed E-state index contributed by atoms with van der Waals surface area (Å²) in [5.41, 5.74) is 2.91. The van der Waals surface area contributed by atoms with Crippen LogP contribution in [0.25, 0.3) is 10.9 Å². The molecule has 2 fully saturated rings. The number of carbonyl (C=O) groups is 2. The number of benzene rings is 1. The molecule has 32 heavy (non-hydrogen) atoms.